The van der Waals surface area contributed by atoms with E-state index >= 15 is 0 Å². The van der Waals surface area contributed by atoms with Gasteiger partial charge in [0, 0.05) is 12.4 Å². The van der Waals surface area contributed by atoms with E-state index in [2.05, 4.69) is 9.72 Å². The molecule has 0 aliphatic rings. The Kier molecular flexibility index (Phi) is 5.25. The van der Waals surface area contributed by atoms with Gasteiger partial charge in [0.1, 0.15) is 24.7 Å². The Hall–Kier alpha value is -2.51. The van der Waals surface area contributed by atoms with Crippen molar-refractivity contribution in [2.75, 3.05) is 7.11 Å². The number of aromatic nitrogens is 2. The number of hydrogen-bond donors (Lipinski definition) is 0. The highest BCUT2D eigenvalue weighted by atomic mass is 19.4. The van der Waals surface area contributed by atoms with Crippen molar-refractivity contribution in [3.8, 4) is 5.75 Å². The number of carbonyl (C=O) groups excluding carboxylic acids is 1. The molecule has 1 aromatic carbocycles. The molecule has 0 saturated carbocycles. The van der Waals surface area contributed by atoms with Gasteiger partial charge in [-0.15, -0.1) is 0 Å². The normalized spacial score (nSPS) is 11.3. The number of nitrogens with zero attached hydrogens (tertiary/aromatic N) is 2. The summed E-state index contributed by atoms with van der Waals surface area (Å²) < 4.78 is 48.2. The lowest BCUT2D eigenvalue weighted by Crippen LogP contribution is -2.19. The fourth-order valence-electron chi connectivity index (χ4n) is 1.91. The van der Waals surface area contributed by atoms with Gasteiger partial charge in [0.05, 0.1) is 13.5 Å². The summed E-state index contributed by atoms with van der Waals surface area (Å²) in [6.45, 7) is -1.19. The van der Waals surface area contributed by atoms with Gasteiger partial charge >= 0.3 is 12.1 Å². The van der Waals surface area contributed by atoms with Crippen LogP contribution in [0.25, 0.3) is 0 Å². The predicted octanol–water partition coefficient (Wildman–Crippen LogP) is 2.74. The third-order valence-electron chi connectivity index (χ3n) is 3.02. The van der Waals surface area contributed by atoms with Crippen LogP contribution in [0, 0.1) is 0 Å². The second-order valence-corrected chi connectivity index (χ2v) is 4.77. The Morgan fingerprint density at radius 3 is 2.57 bits per heavy atom. The first kappa shape index (κ1) is 16.9. The summed E-state index contributed by atoms with van der Waals surface area (Å²) in [7, 11) is 1.31. The largest absolute Gasteiger partial charge is 0.486 e. The molecule has 0 fully saturated rings. The molecule has 2 aromatic rings. The minimum atomic E-state index is -4.31. The van der Waals surface area contributed by atoms with Crippen molar-refractivity contribution in [1.82, 2.24) is 9.55 Å². The van der Waals surface area contributed by atoms with Gasteiger partial charge in [-0.2, -0.15) is 13.2 Å². The fourth-order valence-corrected chi connectivity index (χ4v) is 1.91. The molecule has 0 aliphatic heterocycles. The summed E-state index contributed by atoms with van der Waals surface area (Å²) in [5.41, 5.74) is 0.753. The zero-order chi connectivity index (χ0) is 16.9. The van der Waals surface area contributed by atoms with Crippen molar-refractivity contribution in [3.63, 3.8) is 0 Å². The number of halogens is 3. The Balaban J connectivity index is 1.94. The molecule has 0 N–H and O–H groups in total. The number of alkyl halides is 3. The van der Waals surface area contributed by atoms with Crippen molar-refractivity contribution in [3.05, 3.63) is 48.0 Å². The van der Waals surface area contributed by atoms with Crippen LogP contribution in [0.2, 0.25) is 0 Å². The van der Waals surface area contributed by atoms with Gasteiger partial charge in [0.25, 0.3) is 0 Å². The van der Waals surface area contributed by atoms with Crippen LogP contribution in [0.1, 0.15) is 11.4 Å². The van der Waals surface area contributed by atoms with Gasteiger partial charge in [0.15, 0.2) is 0 Å². The lowest BCUT2D eigenvalue weighted by Gasteiger charge is -2.11. The monoisotopic (exact) mass is 328 g/mol. The second kappa shape index (κ2) is 7.17. The number of hydrogen-bond acceptors (Lipinski definition) is 4. The van der Waals surface area contributed by atoms with Crippen molar-refractivity contribution in [2.45, 2.75) is 25.7 Å². The maximum Gasteiger partial charge on any atom is 0.406 e. The Labute approximate surface area is 130 Å². The zero-order valence-electron chi connectivity index (χ0n) is 12.3. The van der Waals surface area contributed by atoms with Crippen molar-refractivity contribution in [2.24, 2.45) is 0 Å². The standard InChI is InChI=1S/C15H15F3N2O3/c1-22-14(21)8-11-2-4-12(5-3-11)23-9-13-19-6-7-20(13)10-15(16,17)18/h2-7H,8-10H2,1H3. The van der Waals surface area contributed by atoms with E-state index in [4.69, 9.17) is 4.74 Å². The molecule has 0 atom stereocenters. The van der Waals surface area contributed by atoms with E-state index in [-0.39, 0.29) is 24.8 Å². The molecule has 5 nitrogen and oxygen atoms in total. The Bertz CT molecular complexity index is 651. The number of rotatable bonds is 6. The molecule has 8 heteroatoms. The first-order valence-corrected chi connectivity index (χ1v) is 6.72. The quantitative estimate of drug-likeness (QED) is 0.765. The average molecular weight is 328 g/mol. The first-order chi connectivity index (χ1) is 10.9. The van der Waals surface area contributed by atoms with E-state index in [0.29, 0.717) is 5.75 Å². The van der Waals surface area contributed by atoms with Crippen LogP contribution in [0.4, 0.5) is 13.2 Å². The topological polar surface area (TPSA) is 53.4 Å². The molecule has 0 saturated heterocycles. The molecule has 0 bridgehead atoms. The van der Waals surface area contributed by atoms with Gasteiger partial charge in [-0.05, 0) is 17.7 Å². The summed E-state index contributed by atoms with van der Waals surface area (Å²) in [5.74, 6) is 0.300. The van der Waals surface area contributed by atoms with E-state index in [1.807, 2.05) is 0 Å². The van der Waals surface area contributed by atoms with Crippen LogP contribution in [-0.4, -0.2) is 28.8 Å². The third kappa shape index (κ3) is 5.32. The summed E-state index contributed by atoms with van der Waals surface area (Å²) in [6, 6.07) is 6.65. The molecule has 0 spiro atoms. The van der Waals surface area contributed by atoms with Crippen LogP contribution in [-0.2, 0) is 29.1 Å². The van der Waals surface area contributed by atoms with E-state index in [1.165, 1.54) is 19.5 Å². The minimum Gasteiger partial charge on any atom is -0.486 e. The number of esters is 1. The molecular weight excluding hydrogens is 313 g/mol. The number of benzene rings is 1. The predicted molar refractivity (Wildman–Crippen MR) is 74.8 cm³/mol. The molecule has 0 aliphatic carbocycles. The van der Waals surface area contributed by atoms with Crippen molar-refractivity contribution < 1.29 is 27.4 Å². The lowest BCUT2D eigenvalue weighted by atomic mass is 10.1. The third-order valence-corrected chi connectivity index (χ3v) is 3.02. The summed E-state index contributed by atoms with van der Waals surface area (Å²) in [5, 5.41) is 0. The summed E-state index contributed by atoms with van der Waals surface area (Å²) in [4.78, 5) is 15.0. The number of ether oxygens (including phenoxy) is 2. The maximum atomic E-state index is 12.4. The van der Waals surface area contributed by atoms with Gasteiger partial charge < -0.3 is 14.0 Å². The first-order valence-electron chi connectivity index (χ1n) is 6.72. The molecular formula is C15H15F3N2O3. The molecule has 0 unspecified atom stereocenters. The fraction of sp³-hybridized carbons (Fsp3) is 0.333. The van der Waals surface area contributed by atoms with Gasteiger partial charge in [0.2, 0.25) is 0 Å². The smallest absolute Gasteiger partial charge is 0.406 e. The Morgan fingerprint density at radius 2 is 1.96 bits per heavy atom. The Morgan fingerprint density at radius 1 is 1.26 bits per heavy atom. The van der Waals surface area contributed by atoms with Gasteiger partial charge in [-0.3, -0.25) is 4.79 Å². The highest BCUT2D eigenvalue weighted by molar-refractivity contribution is 5.72. The summed E-state index contributed by atoms with van der Waals surface area (Å²) >= 11 is 0. The van der Waals surface area contributed by atoms with E-state index in [0.717, 1.165) is 10.1 Å². The molecule has 1 heterocycles. The number of carbonyl (C=O) groups is 1. The van der Waals surface area contributed by atoms with Crippen LogP contribution in [0.3, 0.4) is 0 Å². The molecule has 1 aromatic heterocycles. The van der Waals surface area contributed by atoms with Gasteiger partial charge in [-0.25, -0.2) is 4.98 Å². The minimum absolute atomic E-state index is 0.0839. The SMILES string of the molecule is COC(=O)Cc1ccc(OCc2nccn2CC(F)(F)F)cc1. The number of imidazole rings is 1. The highest BCUT2D eigenvalue weighted by Crippen LogP contribution is 2.19. The molecule has 0 radical (unpaired) electrons. The van der Waals surface area contributed by atoms with Crippen LogP contribution in [0.5, 0.6) is 5.75 Å². The van der Waals surface area contributed by atoms with E-state index in [1.54, 1.807) is 24.3 Å². The van der Waals surface area contributed by atoms with E-state index in [9.17, 15) is 18.0 Å². The zero-order valence-corrected chi connectivity index (χ0v) is 12.3. The summed E-state index contributed by atoms with van der Waals surface area (Å²) in [6.07, 6.45) is -1.62. The lowest BCUT2D eigenvalue weighted by molar-refractivity contribution is -0.141. The van der Waals surface area contributed by atoms with Crippen molar-refractivity contribution in [1.29, 1.82) is 0 Å². The molecule has 23 heavy (non-hydrogen) atoms. The van der Waals surface area contributed by atoms with Crippen LogP contribution < -0.4 is 4.74 Å². The van der Waals surface area contributed by atoms with Crippen LogP contribution >= 0.6 is 0 Å². The highest BCUT2D eigenvalue weighted by Gasteiger charge is 2.28. The van der Waals surface area contributed by atoms with Gasteiger partial charge in [-0.1, -0.05) is 12.1 Å². The molecule has 0 amide bonds. The number of methoxy groups -OCH3 is 1. The molecule has 124 valence electrons. The van der Waals surface area contributed by atoms with Crippen molar-refractivity contribution >= 4 is 5.97 Å². The molecule has 2 rings (SSSR count). The maximum absolute atomic E-state index is 12.4. The van der Waals surface area contributed by atoms with E-state index < -0.39 is 12.7 Å². The second-order valence-electron chi connectivity index (χ2n) is 4.77. The average Bonchev–Trinajstić information content (AvgIpc) is 2.91. The van der Waals surface area contributed by atoms with Crippen LogP contribution in [0.15, 0.2) is 36.7 Å².